The van der Waals surface area contributed by atoms with Gasteiger partial charge in [0.15, 0.2) is 0 Å². The van der Waals surface area contributed by atoms with Crippen molar-refractivity contribution in [2.75, 3.05) is 0 Å². The molecule has 3 rings (SSSR count). The topological polar surface area (TPSA) is 20.2 Å². The van der Waals surface area contributed by atoms with E-state index in [4.69, 9.17) is 0 Å². The van der Waals surface area contributed by atoms with Gasteiger partial charge in [-0.25, -0.2) is 0 Å². The summed E-state index contributed by atoms with van der Waals surface area (Å²) in [6, 6.07) is 24.1. The van der Waals surface area contributed by atoms with Gasteiger partial charge in [-0.3, -0.25) is 0 Å². The fraction of sp³-hybridized carbons (Fsp3) is 0.0435. The van der Waals surface area contributed by atoms with Crippen LogP contribution in [-0.2, 0) is 0 Å². The van der Waals surface area contributed by atoms with E-state index in [2.05, 4.69) is 48.6 Å². The highest BCUT2D eigenvalue weighted by atomic mass is 16.3. The molecule has 0 unspecified atom stereocenters. The molecule has 0 aliphatic heterocycles. The van der Waals surface area contributed by atoms with Crippen LogP contribution in [-0.4, -0.2) is 5.11 Å². The highest BCUT2D eigenvalue weighted by Gasteiger charge is 2.05. The summed E-state index contributed by atoms with van der Waals surface area (Å²) in [6.45, 7) is 1.94. The van der Waals surface area contributed by atoms with Crippen molar-refractivity contribution in [1.82, 2.24) is 0 Å². The fourth-order valence-electron chi connectivity index (χ4n) is 2.60. The molecular weight excluding hydrogens is 292 g/mol. The molecule has 0 aliphatic rings. The molecule has 1 nitrogen and oxygen atoms in total. The van der Waals surface area contributed by atoms with Crippen LogP contribution in [0.4, 0.5) is 0 Å². The summed E-state index contributed by atoms with van der Waals surface area (Å²) in [5.41, 5.74) is 5.30. The van der Waals surface area contributed by atoms with Gasteiger partial charge in [0.05, 0.1) is 0 Å². The number of rotatable bonds is 4. The Hall–Kier alpha value is -3.06. The average Bonchev–Trinajstić information content (AvgIpc) is 2.63. The highest BCUT2D eigenvalue weighted by molar-refractivity contribution is 5.81. The average molecular weight is 312 g/mol. The molecule has 0 atom stereocenters. The molecule has 118 valence electrons. The molecule has 0 radical (unpaired) electrons. The van der Waals surface area contributed by atoms with E-state index in [1.807, 2.05) is 49.4 Å². The molecule has 0 bridgehead atoms. The van der Waals surface area contributed by atoms with Crippen LogP contribution in [0.15, 0.2) is 72.8 Å². The van der Waals surface area contributed by atoms with Crippen molar-refractivity contribution in [3.63, 3.8) is 0 Å². The van der Waals surface area contributed by atoms with Crippen LogP contribution in [0.2, 0.25) is 0 Å². The Morgan fingerprint density at radius 2 is 1.17 bits per heavy atom. The summed E-state index contributed by atoms with van der Waals surface area (Å²) in [5.74, 6) is 0.319. The molecule has 0 aliphatic carbocycles. The lowest BCUT2D eigenvalue weighted by molar-refractivity contribution is 0.471. The zero-order chi connectivity index (χ0) is 16.8. The summed E-state index contributed by atoms with van der Waals surface area (Å²) in [6.07, 6.45) is 8.31. The maximum atomic E-state index is 10.0. The Kier molecular flexibility index (Phi) is 4.93. The number of benzene rings is 3. The molecule has 0 amide bonds. The molecule has 0 saturated carbocycles. The standard InChI is InChI=1S/C23H20O/c1-18-22(16-13-20-10-6-3-7-11-20)21(15-17-23(18)24)14-12-19-8-4-2-5-9-19/h2-17,24H,1H3. The predicted octanol–water partition coefficient (Wildman–Crippen LogP) is 6.04. The predicted molar refractivity (Wildman–Crippen MR) is 104 cm³/mol. The first-order valence-corrected chi connectivity index (χ1v) is 8.03. The third-order valence-electron chi connectivity index (χ3n) is 4.02. The number of hydrogen-bond acceptors (Lipinski definition) is 1. The van der Waals surface area contributed by atoms with Crippen molar-refractivity contribution in [2.45, 2.75) is 6.92 Å². The summed E-state index contributed by atoms with van der Waals surface area (Å²) in [4.78, 5) is 0. The van der Waals surface area contributed by atoms with E-state index >= 15 is 0 Å². The third-order valence-corrected chi connectivity index (χ3v) is 4.02. The largest absolute Gasteiger partial charge is 0.508 e. The van der Waals surface area contributed by atoms with Gasteiger partial charge in [-0.05, 0) is 40.8 Å². The van der Waals surface area contributed by atoms with E-state index in [9.17, 15) is 5.11 Å². The van der Waals surface area contributed by atoms with Gasteiger partial charge < -0.3 is 5.11 Å². The van der Waals surface area contributed by atoms with Crippen molar-refractivity contribution >= 4 is 24.3 Å². The third kappa shape index (κ3) is 3.82. The Balaban J connectivity index is 1.96. The van der Waals surface area contributed by atoms with E-state index in [-0.39, 0.29) is 0 Å². The fourth-order valence-corrected chi connectivity index (χ4v) is 2.60. The number of phenolic OH excluding ortho intramolecular Hbond substituents is 1. The minimum absolute atomic E-state index is 0.319. The van der Waals surface area contributed by atoms with Crippen LogP contribution in [0.3, 0.4) is 0 Å². The van der Waals surface area contributed by atoms with Crippen molar-refractivity contribution in [3.8, 4) is 5.75 Å². The normalized spacial score (nSPS) is 11.4. The molecule has 0 heterocycles. The van der Waals surface area contributed by atoms with Crippen LogP contribution in [0.5, 0.6) is 5.75 Å². The molecule has 24 heavy (non-hydrogen) atoms. The summed E-state index contributed by atoms with van der Waals surface area (Å²) in [7, 11) is 0. The first-order chi connectivity index (χ1) is 11.7. The van der Waals surface area contributed by atoms with Crippen LogP contribution >= 0.6 is 0 Å². The number of hydrogen-bond donors (Lipinski definition) is 1. The maximum Gasteiger partial charge on any atom is 0.119 e. The van der Waals surface area contributed by atoms with Crippen LogP contribution in [0.25, 0.3) is 24.3 Å². The molecule has 3 aromatic carbocycles. The summed E-state index contributed by atoms with van der Waals surface area (Å²) in [5, 5.41) is 10.0. The molecule has 0 aromatic heterocycles. The van der Waals surface area contributed by atoms with Crippen molar-refractivity contribution < 1.29 is 5.11 Å². The van der Waals surface area contributed by atoms with Crippen molar-refractivity contribution in [1.29, 1.82) is 0 Å². The van der Waals surface area contributed by atoms with E-state index < -0.39 is 0 Å². The maximum absolute atomic E-state index is 10.0. The summed E-state index contributed by atoms with van der Waals surface area (Å²) >= 11 is 0. The van der Waals surface area contributed by atoms with Crippen LogP contribution in [0.1, 0.15) is 27.8 Å². The van der Waals surface area contributed by atoms with E-state index in [0.29, 0.717) is 5.75 Å². The zero-order valence-corrected chi connectivity index (χ0v) is 13.7. The van der Waals surface area contributed by atoms with Gasteiger partial charge in [0.2, 0.25) is 0 Å². The minimum atomic E-state index is 0.319. The van der Waals surface area contributed by atoms with Gasteiger partial charge in [-0.1, -0.05) is 91.0 Å². The molecule has 0 fully saturated rings. The van der Waals surface area contributed by atoms with E-state index in [1.54, 1.807) is 6.07 Å². The second kappa shape index (κ2) is 7.47. The van der Waals surface area contributed by atoms with Gasteiger partial charge in [-0.15, -0.1) is 0 Å². The van der Waals surface area contributed by atoms with Crippen LogP contribution in [0, 0.1) is 6.92 Å². The molecule has 1 N–H and O–H groups in total. The minimum Gasteiger partial charge on any atom is -0.508 e. The Bertz CT molecular complexity index is 859. The van der Waals surface area contributed by atoms with Gasteiger partial charge in [0.1, 0.15) is 5.75 Å². The monoisotopic (exact) mass is 312 g/mol. The van der Waals surface area contributed by atoms with E-state index in [0.717, 1.165) is 27.8 Å². The molecule has 1 heteroatoms. The Labute approximate surface area is 143 Å². The SMILES string of the molecule is Cc1c(O)ccc(C=Cc2ccccc2)c1C=Cc1ccccc1. The second-order valence-electron chi connectivity index (χ2n) is 5.70. The Morgan fingerprint density at radius 1 is 0.625 bits per heavy atom. The first-order valence-electron chi connectivity index (χ1n) is 8.03. The lowest BCUT2D eigenvalue weighted by atomic mass is 9.98. The first kappa shape index (κ1) is 15.8. The Morgan fingerprint density at radius 3 is 1.75 bits per heavy atom. The molecular formula is C23H20O. The van der Waals surface area contributed by atoms with E-state index in [1.165, 1.54) is 0 Å². The lowest BCUT2D eigenvalue weighted by Crippen LogP contribution is -1.87. The second-order valence-corrected chi connectivity index (χ2v) is 5.70. The smallest absolute Gasteiger partial charge is 0.119 e. The van der Waals surface area contributed by atoms with Gasteiger partial charge in [0, 0.05) is 0 Å². The van der Waals surface area contributed by atoms with Crippen LogP contribution < -0.4 is 0 Å². The molecule has 0 saturated heterocycles. The lowest BCUT2D eigenvalue weighted by Gasteiger charge is -2.08. The van der Waals surface area contributed by atoms with Crippen molar-refractivity contribution in [2.24, 2.45) is 0 Å². The van der Waals surface area contributed by atoms with Gasteiger partial charge >= 0.3 is 0 Å². The molecule has 3 aromatic rings. The van der Waals surface area contributed by atoms with Crippen molar-refractivity contribution in [3.05, 3.63) is 101 Å². The zero-order valence-electron chi connectivity index (χ0n) is 13.7. The quantitative estimate of drug-likeness (QED) is 0.582. The number of phenols is 1. The van der Waals surface area contributed by atoms with Gasteiger partial charge in [-0.2, -0.15) is 0 Å². The highest BCUT2D eigenvalue weighted by Crippen LogP contribution is 2.27. The van der Waals surface area contributed by atoms with Gasteiger partial charge in [0.25, 0.3) is 0 Å². The molecule has 0 spiro atoms. The summed E-state index contributed by atoms with van der Waals surface area (Å²) < 4.78 is 0. The number of aromatic hydroxyl groups is 1.